The molecule has 1 N–H and O–H groups in total. The van der Waals surface area contributed by atoms with E-state index in [4.69, 9.17) is 4.74 Å². The highest BCUT2D eigenvalue weighted by molar-refractivity contribution is 5.99. The molecule has 4 heteroatoms. The molecule has 0 aliphatic carbocycles. The van der Waals surface area contributed by atoms with Crippen molar-refractivity contribution >= 4 is 23.9 Å². The van der Waals surface area contributed by atoms with Gasteiger partial charge in [0.25, 0.3) is 0 Å². The molecule has 1 heterocycles. The lowest BCUT2D eigenvalue weighted by atomic mass is 10.0. The Labute approximate surface area is 101 Å². The summed E-state index contributed by atoms with van der Waals surface area (Å²) in [5, 5.41) is 3.16. The number of halogens is 1. The van der Waals surface area contributed by atoms with Crippen molar-refractivity contribution in [1.82, 2.24) is 5.32 Å². The summed E-state index contributed by atoms with van der Waals surface area (Å²) in [7, 11) is 1.41. The highest BCUT2D eigenvalue weighted by Crippen LogP contribution is 2.22. The summed E-state index contributed by atoms with van der Waals surface area (Å²) in [4.78, 5) is 11.5. The number of hydrogen-bond donors (Lipinski definition) is 1. The van der Waals surface area contributed by atoms with E-state index in [1.165, 1.54) is 7.11 Å². The summed E-state index contributed by atoms with van der Waals surface area (Å²) in [6.07, 6.45) is 0. The maximum Gasteiger partial charge on any atom is 0.335 e. The largest absolute Gasteiger partial charge is 0.466 e. The molecular weight excluding hydrogens is 226 g/mol. The summed E-state index contributed by atoms with van der Waals surface area (Å²) < 4.78 is 4.75. The molecule has 0 fully saturated rings. The second kappa shape index (κ2) is 5.68. The van der Waals surface area contributed by atoms with Gasteiger partial charge in [0.1, 0.15) is 0 Å². The van der Waals surface area contributed by atoms with Gasteiger partial charge in [0.15, 0.2) is 0 Å². The van der Waals surface area contributed by atoms with Gasteiger partial charge in [-0.2, -0.15) is 0 Å². The molecule has 1 aliphatic rings. The molecule has 2 rings (SSSR count). The van der Waals surface area contributed by atoms with Crippen molar-refractivity contribution in [2.45, 2.75) is 0 Å². The van der Waals surface area contributed by atoms with E-state index < -0.39 is 0 Å². The van der Waals surface area contributed by atoms with Crippen LogP contribution in [0.25, 0.3) is 5.57 Å². The smallest absolute Gasteiger partial charge is 0.335 e. The third-order valence-electron chi connectivity index (χ3n) is 2.52. The molecule has 0 saturated carbocycles. The maximum absolute atomic E-state index is 11.5. The highest BCUT2D eigenvalue weighted by atomic mass is 35.5. The van der Waals surface area contributed by atoms with Crippen LogP contribution in [0.3, 0.4) is 0 Å². The van der Waals surface area contributed by atoms with Crippen molar-refractivity contribution in [3.05, 3.63) is 41.5 Å². The lowest BCUT2D eigenvalue weighted by molar-refractivity contribution is -0.136. The van der Waals surface area contributed by atoms with Crippen LogP contribution in [0.5, 0.6) is 0 Å². The average molecular weight is 240 g/mol. The fourth-order valence-electron chi connectivity index (χ4n) is 1.76. The topological polar surface area (TPSA) is 38.3 Å². The summed E-state index contributed by atoms with van der Waals surface area (Å²) in [5.41, 5.74) is 2.87. The zero-order valence-corrected chi connectivity index (χ0v) is 9.84. The van der Waals surface area contributed by atoms with Gasteiger partial charge in [-0.05, 0) is 11.1 Å². The van der Waals surface area contributed by atoms with Gasteiger partial charge in [-0.15, -0.1) is 12.4 Å². The number of hydrogen-bond acceptors (Lipinski definition) is 3. The van der Waals surface area contributed by atoms with Gasteiger partial charge in [0, 0.05) is 13.1 Å². The fourth-order valence-corrected chi connectivity index (χ4v) is 1.76. The third kappa shape index (κ3) is 2.43. The number of carbonyl (C=O) groups excluding carboxylic acids is 1. The molecule has 0 atom stereocenters. The molecule has 3 nitrogen and oxygen atoms in total. The second-order valence-corrected chi connectivity index (χ2v) is 3.42. The van der Waals surface area contributed by atoms with E-state index >= 15 is 0 Å². The molecule has 0 spiro atoms. The minimum atomic E-state index is -0.237. The van der Waals surface area contributed by atoms with E-state index in [9.17, 15) is 4.79 Å². The van der Waals surface area contributed by atoms with Gasteiger partial charge in [-0.25, -0.2) is 4.79 Å². The molecule has 0 saturated heterocycles. The Morgan fingerprint density at radius 2 is 1.94 bits per heavy atom. The van der Waals surface area contributed by atoms with E-state index in [1.54, 1.807) is 0 Å². The molecule has 1 aliphatic heterocycles. The molecule has 1 aromatic carbocycles. The van der Waals surface area contributed by atoms with Crippen molar-refractivity contribution in [2.24, 2.45) is 0 Å². The van der Waals surface area contributed by atoms with Gasteiger partial charge in [-0.3, -0.25) is 0 Å². The Morgan fingerprint density at radius 1 is 1.25 bits per heavy atom. The quantitative estimate of drug-likeness (QED) is 0.798. The van der Waals surface area contributed by atoms with Gasteiger partial charge in [0.05, 0.1) is 12.7 Å². The molecule has 1 aromatic rings. The zero-order chi connectivity index (χ0) is 10.7. The molecule has 0 aromatic heterocycles. The summed E-state index contributed by atoms with van der Waals surface area (Å²) in [5.74, 6) is -0.237. The number of rotatable bonds is 2. The second-order valence-electron chi connectivity index (χ2n) is 3.42. The summed E-state index contributed by atoms with van der Waals surface area (Å²) >= 11 is 0. The normalized spacial score (nSPS) is 14.6. The Kier molecular flexibility index (Phi) is 4.52. The van der Waals surface area contributed by atoms with Crippen LogP contribution >= 0.6 is 12.4 Å². The van der Waals surface area contributed by atoms with E-state index in [0.29, 0.717) is 6.54 Å². The van der Waals surface area contributed by atoms with Crippen molar-refractivity contribution < 1.29 is 9.53 Å². The van der Waals surface area contributed by atoms with Crippen LogP contribution in [-0.2, 0) is 9.53 Å². The molecule has 0 amide bonds. The van der Waals surface area contributed by atoms with Gasteiger partial charge in [0.2, 0.25) is 0 Å². The molecule has 16 heavy (non-hydrogen) atoms. The SMILES string of the molecule is COC(=O)C1=C(c2ccccc2)CNC1.Cl. The van der Waals surface area contributed by atoms with E-state index in [2.05, 4.69) is 5.32 Å². The summed E-state index contributed by atoms with van der Waals surface area (Å²) in [6, 6.07) is 9.91. The molecule has 0 unspecified atom stereocenters. The van der Waals surface area contributed by atoms with Crippen LogP contribution in [0, 0.1) is 0 Å². The molecule has 0 radical (unpaired) electrons. The first-order valence-electron chi connectivity index (χ1n) is 4.89. The number of esters is 1. The van der Waals surface area contributed by atoms with E-state index in [-0.39, 0.29) is 18.4 Å². The molecular formula is C12H14ClNO2. The lowest BCUT2D eigenvalue weighted by Gasteiger charge is -2.04. The first-order chi connectivity index (χ1) is 7.33. The lowest BCUT2D eigenvalue weighted by Crippen LogP contribution is -2.13. The highest BCUT2D eigenvalue weighted by Gasteiger charge is 2.21. The Balaban J connectivity index is 0.00000128. The Hall–Kier alpha value is -1.32. The molecule has 0 bridgehead atoms. The van der Waals surface area contributed by atoms with Crippen LogP contribution in [0.4, 0.5) is 0 Å². The number of ether oxygens (including phenoxy) is 1. The van der Waals surface area contributed by atoms with Crippen LogP contribution in [-0.4, -0.2) is 26.2 Å². The number of nitrogens with one attached hydrogen (secondary N) is 1. The van der Waals surface area contributed by atoms with Crippen LogP contribution in [0.15, 0.2) is 35.9 Å². The first kappa shape index (κ1) is 12.7. The van der Waals surface area contributed by atoms with Crippen molar-refractivity contribution in [3.63, 3.8) is 0 Å². The number of benzene rings is 1. The Morgan fingerprint density at radius 3 is 2.56 bits per heavy atom. The van der Waals surface area contributed by atoms with Gasteiger partial charge >= 0.3 is 5.97 Å². The van der Waals surface area contributed by atoms with Gasteiger partial charge in [-0.1, -0.05) is 30.3 Å². The van der Waals surface area contributed by atoms with Gasteiger partial charge < -0.3 is 10.1 Å². The number of methoxy groups -OCH3 is 1. The predicted molar refractivity (Wildman–Crippen MR) is 65.5 cm³/mol. The predicted octanol–water partition coefficient (Wildman–Crippen LogP) is 1.64. The standard InChI is InChI=1S/C12H13NO2.ClH/c1-15-12(14)11-8-13-7-10(11)9-5-3-2-4-6-9;/h2-6,13H,7-8H2,1H3;1H. The van der Waals surface area contributed by atoms with Crippen LogP contribution < -0.4 is 5.32 Å². The fraction of sp³-hybridized carbons (Fsp3) is 0.250. The maximum atomic E-state index is 11.5. The molecule has 86 valence electrons. The monoisotopic (exact) mass is 239 g/mol. The zero-order valence-electron chi connectivity index (χ0n) is 9.03. The van der Waals surface area contributed by atoms with Crippen molar-refractivity contribution in [3.8, 4) is 0 Å². The third-order valence-corrected chi connectivity index (χ3v) is 2.52. The van der Waals surface area contributed by atoms with Crippen LogP contribution in [0.1, 0.15) is 5.56 Å². The minimum absolute atomic E-state index is 0. The van der Waals surface area contributed by atoms with Crippen molar-refractivity contribution in [1.29, 1.82) is 0 Å². The first-order valence-corrected chi connectivity index (χ1v) is 4.89. The van der Waals surface area contributed by atoms with Crippen LogP contribution in [0.2, 0.25) is 0 Å². The van der Waals surface area contributed by atoms with E-state index in [1.807, 2.05) is 30.3 Å². The average Bonchev–Trinajstić information content (AvgIpc) is 2.78. The van der Waals surface area contributed by atoms with Crippen molar-refractivity contribution in [2.75, 3.05) is 20.2 Å². The summed E-state index contributed by atoms with van der Waals surface area (Å²) in [6.45, 7) is 1.32. The number of carbonyl (C=O) groups is 1. The Bertz CT molecular complexity index is 401. The van der Waals surface area contributed by atoms with E-state index in [0.717, 1.165) is 23.3 Å². The minimum Gasteiger partial charge on any atom is -0.466 e.